The summed E-state index contributed by atoms with van der Waals surface area (Å²) in [5.74, 6) is 0.964. The van der Waals surface area contributed by atoms with E-state index < -0.39 is 0 Å². The SMILES string of the molecule is NC(Cc1nc2ccccc2n1CC1CCCO1)=NO. The van der Waals surface area contributed by atoms with Crippen LogP contribution in [0.3, 0.4) is 0 Å². The first-order valence-electron chi connectivity index (χ1n) is 6.80. The average molecular weight is 274 g/mol. The number of benzene rings is 1. The minimum absolute atomic E-state index is 0.161. The molecule has 0 radical (unpaired) electrons. The van der Waals surface area contributed by atoms with E-state index in [0.717, 1.165) is 42.9 Å². The summed E-state index contributed by atoms with van der Waals surface area (Å²) in [6, 6.07) is 7.95. The molecular formula is C14H18N4O2. The van der Waals surface area contributed by atoms with Crippen LogP contribution < -0.4 is 5.73 Å². The zero-order valence-corrected chi connectivity index (χ0v) is 11.2. The molecule has 2 aromatic rings. The van der Waals surface area contributed by atoms with Crippen LogP contribution in [0.4, 0.5) is 0 Å². The normalized spacial score (nSPS) is 19.8. The molecule has 1 saturated heterocycles. The fourth-order valence-electron chi connectivity index (χ4n) is 2.65. The van der Waals surface area contributed by atoms with Crippen molar-refractivity contribution in [3.63, 3.8) is 0 Å². The number of nitrogens with two attached hydrogens (primary N) is 1. The molecule has 0 spiro atoms. The van der Waals surface area contributed by atoms with Gasteiger partial charge in [-0.05, 0) is 25.0 Å². The van der Waals surface area contributed by atoms with Gasteiger partial charge in [0.25, 0.3) is 0 Å². The first-order valence-corrected chi connectivity index (χ1v) is 6.80. The van der Waals surface area contributed by atoms with Gasteiger partial charge in [-0.3, -0.25) is 0 Å². The molecule has 0 aliphatic carbocycles. The van der Waals surface area contributed by atoms with E-state index in [0.29, 0.717) is 6.42 Å². The lowest BCUT2D eigenvalue weighted by atomic mass is 10.2. The van der Waals surface area contributed by atoms with Gasteiger partial charge in [-0.2, -0.15) is 0 Å². The van der Waals surface area contributed by atoms with E-state index in [9.17, 15) is 0 Å². The Labute approximate surface area is 116 Å². The molecule has 106 valence electrons. The fraction of sp³-hybridized carbons (Fsp3) is 0.429. The smallest absolute Gasteiger partial charge is 0.146 e. The van der Waals surface area contributed by atoms with Crippen molar-refractivity contribution in [3.05, 3.63) is 30.1 Å². The summed E-state index contributed by atoms with van der Waals surface area (Å²) < 4.78 is 7.82. The molecule has 1 aliphatic heterocycles. The molecule has 1 aromatic heterocycles. The molecule has 0 saturated carbocycles. The lowest BCUT2D eigenvalue weighted by molar-refractivity contribution is 0.0973. The van der Waals surface area contributed by atoms with E-state index in [1.807, 2.05) is 24.3 Å². The maximum atomic E-state index is 8.75. The number of oxime groups is 1. The summed E-state index contributed by atoms with van der Waals surface area (Å²) >= 11 is 0. The second-order valence-corrected chi connectivity index (χ2v) is 5.03. The molecule has 3 N–H and O–H groups in total. The monoisotopic (exact) mass is 274 g/mol. The van der Waals surface area contributed by atoms with Crippen LogP contribution in [0, 0.1) is 0 Å². The molecule has 6 heteroatoms. The Morgan fingerprint density at radius 1 is 1.50 bits per heavy atom. The van der Waals surface area contributed by atoms with Crippen molar-refractivity contribution in [2.75, 3.05) is 6.61 Å². The summed E-state index contributed by atoms with van der Waals surface area (Å²) in [5.41, 5.74) is 7.60. The molecule has 0 amide bonds. The Kier molecular flexibility index (Phi) is 3.56. The van der Waals surface area contributed by atoms with E-state index in [-0.39, 0.29) is 11.9 Å². The largest absolute Gasteiger partial charge is 0.409 e. The molecular weight excluding hydrogens is 256 g/mol. The second-order valence-electron chi connectivity index (χ2n) is 5.03. The third-order valence-electron chi connectivity index (χ3n) is 3.61. The molecule has 20 heavy (non-hydrogen) atoms. The maximum absolute atomic E-state index is 8.75. The van der Waals surface area contributed by atoms with Crippen LogP contribution in [-0.2, 0) is 17.7 Å². The number of para-hydroxylation sites is 2. The number of aromatic nitrogens is 2. The van der Waals surface area contributed by atoms with Crippen LogP contribution in [-0.4, -0.2) is 33.3 Å². The number of imidazole rings is 1. The van der Waals surface area contributed by atoms with Crippen molar-refractivity contribution in [1.82, 2.24) is 9.55 Å². The molecule has 1 unspecified atom stereocenters. The molecule has 3 rings (SSSR count). The van der Waals surface area contributed by atoms with Crippen LogP contribution in [0.5, 0.6) is 0 Å². The van der Waals surface area contributed by atoms with Gasteiger partial charge in [0.1, 0.15) is 11.7 Å². The molecule has 2 heterocycles. The lowest BCUT2D eigenvalue weighted by Crippen LogP contribution is -2.21. The predicted molar refractivity (Wildman–Crippen MR) is 75.8 cm³/mol. The molecule has 0 bridgehead atoms. The molecule has 1 aliphatic rings. The van der Waals surface area contributed by atoms with Crippen molar-refractivity contribution in [3.8, 4) is 0 Å². The zero-order valence-electron chi connectivity index (χ0n) is 11.2. The van der Waals surface area contributed by atoms with Crippen molar-refractivity contribution < 1.29 is 9.94 Å². The number of hydrogen-bond donors (Lipinski definition) is 2. The highest BCUT2D eigenvalue weighted by molar-refractivity contribution is 5.83. The topological polar surface area (TPSA) is 85.7 Å². The Morgan fingerprint density at radius 3 is 3.10 bits per heavy atom. The van der Waals surface area contributed by atoms with Crippen molar-refractivity contribution in [1.29, 1.82) is 0 Å². The Morgan fingerprint density at radius 2 is 2.35 bits per heavy atom. The number of rotatable bonds is 4. The van der Waals surface area contributed by atoms with Gasteiger partial charge in [0.15, 0.2) is 0 Å². The molecule has 1 atom stereocenters. The quantitative estimate of drug-likeness (QED) is 0.383. The lowest BCUT2D eigenvalue weighted by Gasteiger charge is -2.13. The maximum Gasteiger partial charge on any atom is 0.146 e. The van der Waals surface area contributed by atoms with Gasteiger partial charge in [-0.1, -0.05) is 17.3 Å². The van der Waals surface area contributed by atoms with Crippen LogP contribution >= 0.6 is 0 Å². The van der Waals surface area contributed by atoms with E-state index >= 15 is 0 Å². The first-order chi connectivity index (χ1) is 9.78. The van der Waals surface area contributed by atoms with Crippen LogP contribution in [0.1, 0.15) is 18.7 Å². The van der Waals surface area contributed by atoms with E-state index in [1.54, 1.807) is 0 Å². The van der Waals surface area contributed by atoms with Crippen molar-refractivity contribution in [2.24, 2.45) is 10.9 Å². The summed E-state index contributed by atoms with van der Waals surface area (Å²) in [4.78, 5) is 4.58. The van der Waals surface area contributed by atoms with Gasteiger partial charge in [-0.25, -0.2) is 4.98 Å². The summed E-state index contributed by atoms with van der Waals surface area (Å²) in [6.45, 7) is 1.58. The number of hydrogen-bond acceptors (Lipinski definition) is 4. The summed E-state index contributed by atoms with van der Waals surface area (Å²) in [7, 11) is 0. The second kappa shape index (κ2) is 5.50. The van der Waals surface area contributed by atoms with Crippen LogP contribution in [0.25, 0.3) is 11.0 Å². The van der Waals surface area contributed by atoms with Gasteiger partial charge in [0, 0.05) is 6.61 Å². The highest BCUT2D eigenvalue weighted by atomic mass is 16.5. The number of ether oxygens (including phenoxy) is 1. The summed E-state index contributed by atoms with van der Waals surface area (Å²) in [5, 5.41) is 11.8. The third-order valence-corrected chi connectivity index (χ3v) is 3.61. The zero-order chi connectivity index (χ0) is 13.9. The van der Waals surface area contributed by atoms with Gasteiger partial charge in [0.05, 0.1) is 30.1 Å². The van der Waals surface area contributed by atoms with E-state index in [1.165, 1.54) is 0 Å². The van der Waals surface area contributed by atoms with Crippen molar-refractivity contribution >= 4 is 16.9 Å². The predicted octanol–water partition coefficient (Wildman–Crippen LogP) is 1.50. The summed E-state index contributed by atoms with van der Waals surface area (Å²) in [6.07, 6.45) is 2.72. The Bertz CT molecular complexity index is 629. The highest BCUT2D eigenvalue weighted by Gasteiger charge is 2.20. The van der Waals surface area contributed by atoms with Crippen LogP contribution in [0.2, 0.25) is 0 Å². The van der Waals surface area contributed by atoms with Gasteiger partial charge in [0.2, 0.25) is 0 Å². The van der Waals surface area contributed by atoms with E-state index in [4.69, 9.17) is 15.7 Å². The first kappa shape index (κ1) is 12.9. The van der Waals surface area contributed by atoms with Crippen molar-refractivity contribution in [2.45, 2.75) is 31.9 Å². The average Bonchev–Trinajstić information content (AvgIpc) is 3.08. The van der Waals surface area contributed by atoms with Gasteiger partial charge >= 0.3 is 0 Å². The Hall–Kier alpha value is -2.08. The minimum Gasteiger partial charge on any atom is -0.409 e. The number of amidine groups is 1. The van der Waals surface area contributed by atoms with Gasteiger partial charge in [-0.15, -0.1) is 0 Å². The third kappa shape index (κ3) is 2.46. The van der Waals surface area contributed by atoms with E-state index in [2.05, 4.69) is 14.7 Å². The Balaban J connectivity index is 1.98. The minimum atomic E-state index is 0.161. The van der Waals surface area contributed by atoms with Gasteiger partial charge < -0.3 is 20.2 Å². The van der Waals surface area contributed by atoms with Crippen LogP contribution in [0.15, 0.2) is 29.4 Å². The molecule has 6 nitrogen and oxygen atoms in total. The number of nitrogens with zero attached hydrogens (tertiary/aromatic N) is 3. The molecule has 1 aromatic carbocycles. The molecule has 1 fully saturated rings. The standard InChI is InChI=1S/C14H18N4O2/c15-13(17-19)8-14-16-11-5-1-2-6-12(11)18(14)9-10-4-3-7-20-10/h1-2,5-6,10,19H,3-4,7-9H2,(H2,15,17). The highest BCUT2D eigenvalue weighted by Crippen LogP contribution is 2.21. The number of fused-ring (bicyclic) bond motifs is 1. The fourth-order valence-corrected chi connectivity index (χ4v) is 2.65.